The fourth-order valence-electron chi connectivity index (χ4n) is 6.48. The van der Waals surface area contributed by atoms with Gasteiger partial charge in [0.05, 0.1) is 49.8 Å². The maximum Gasteiger partial charge on any atom is 0.318 e. The van der Waals surface area contributed by atoms with E-state index in [-0.39, 0.29) is 67.9 Å². The quantitative estimate of drug-likeness (QED) is 0.241. The SMILES string of the molecule is CCC(C)C(C(CC(=O)N1CCCC1C(OC)C(C)C(=O)NCCO)OC)N(C)C(=O)CNC(=O)N1CCN(C)CC1C. The van der Waals surface area contributed by atoms with E-state index in [2.05, 4.69) is 15.5 Å². The molecule has 248 valence electrons. The minimum absolute atomic E-state index is 0.0244. The number of methoxy groups -OCH3 is 2. The summed E-state index contributed by atoms with van der Waals surface area (Å²) in [4.78, 5) is 59.9. The fourth-order valence-corrected chi connectivity index (χ4v) is 6.48. The van der Waals surface area contributed by atoms with Crippen molar-refractivity contribution < 1.29 is 33.8 Å². The van der Waals surface area contributed by atoms with Crippen molar-refractivity contribution in [3.8, 4) is 0 Å². The fraction of sp³-hybridized carbons (Fsp3) is 0.867. The number of amides is 5. The van der Waals surface area contributed by atoms with Crippen molar-refractivity contribution in [2.24, 2.45) is 11.8 Å². The number of aliphatic hydroxyl groups is 1. The molecule has 13 nitrogen and oxygen atoms in total. The molecular formula is C30H56N6O7. The van der Waals surface area contributed by atoms with Crippen molar-refractivity contribution in [2.75, 3.05) is 74.2 Å². The van der Waals surface area contributed by atoms with Gasteiger partial charge in [-0.15, -0.1) is 0 Å². The Bertz CT molecular complexity index is 923. The third kappa shape index (κ3) is 9.75. The third-order valence-corrected chi connectivity index (χ3v) is 9.20. The summed E-state index contributed by atoms with van der Waals surface area (Å²) < 4.78 is 11.6. The molecule has 2 fully saturated rings. The van der Waals surface area contributed by atoms with Crippen LogP contribution in [0.3, 0.4) is 0 Å². The number of hydrogen-bond acceptors (Lipinski definition) is 8. The van der Waals surface area contributed by atoms with Crippen LogP contribution in [0.4, 0.5) is 4.79 Å². The predicted octanol–water partition coefficient (Wildman–Crippen LogP) is 0.361. The van der Waals surface area contributed by atoms with Crippen LogP contribution in [0.2, 0.25) is 0 Å². The molecule has 2 aliphatic heterocycles. The summed E-state index contributed by atoms with van der Waals surface area (Å²) in [5.74, 6) is -1.10. The zero-order valence-corrected chi connectivity index (χ0v) is 27.5. The minimum Gasteiger partial charge on any atom is -0.395 e. The normalized spacial score (nSPS) is 22.8. The van der Waals surface area contributed by atoms with E-state index >= 15 is 0 Å². The highest BCUT2D eigenvalue weighted by molar-refractivity contribution is 5.84. The lowest BCUT2D eigenvalue weighted by Gasteiger charge is -2.40. The number of aliphatic hydroxyl groups excluding tert-OH is 1. The Morgan fingerprint density at radius 1 is 1.05 bits per heavy atom. The number of rotatable bonds is 15. The molecule has 0 aromatic rings. The number of ether oxygens (including phenoxy) is 2. The molecule has 2 heterocycles. The second-order valence-electron chi connectivity index (χ2n) is 12.1. The Morgan fingerprint density at radius 3 is 2.33 bits per heavy atom. The van der Waals surface area contributed by atoms with Gasteiger partial charge in [-0.2, -0.15) is 0 Å². The molecule has 0 radical (unpaired) electrons. The molecule has 0 aliphatic carbocycles. The smallest absolute Gasteiger partial charge is 0.318 e. The van der Waals surface area contributed by atoms with E-state index < -0.39 is 24.2 Å². The lowest BCUT2D eigenvalue weighted by Crippen LogP contribution is -2.57. The van der Waals surface area contributed by atoms with E-state index in [1.807, 2.05) is 27.8 Å². The molecule has 7 unspecified atom stereocenters. The molecule has 3 N–H and O–H groups in total. The van der Waals surface area contributed by atoms with Crippen LogP contribution < -0.4 is 10.6 Å². The largest absolute Gasteiger partial charge is 0.395 e. The number of hydrogen-bond donors (Lipinski definition) is 3. The van der Waals surface area contributed by atoms with Crippen LogP contribution in [0.5, 0.6) is 0 Å². The topological polar surface area (TPSA) is 144 Å². The molecule has 0 aromatic carbocycles. The van der Waals surface area contributed by atoms with E-state index in [4.69, 9.17) is 14.6 Å². The van der Waals surface area contributed by atoms with Crippen molar-refractivity contribution in [2.45, 2.75) is 83.7 Å². The zero-order valence-electron chi connectivity index (χ0n) is 27.5. The zero-order chi connectivity index (χ0) is 32.3. The van der Waals surface area contributed by atoms with Gasteiger partial charge >= 0.3 is 6.03 Å². The average molecular weight is 613 g/mol. The van der Waals surface area contributed by atoms with Crippen molar-refractivity contribution in [3.63, 3.8) is 0 Å². The molecule has 2 aliphatic rings. The predicted molar refractivity (Wildman–Crippen MR) is 163 cm³/mol. The highest BCUT2D eigenvalue weighted by atomic mass is 16.5. The van der Waals surface area contributed by atoms with Gasteiger partial charge in [-0.25, -0.2) is 4.79 Å². The Kier molecular flexibility index (Phi) is 15.1. The highest BCUT2D eigenvalue weighted by Gasteiger charge is 2.42. The van der Waals surface area contributed by atoms with Crippen LogP contribution in [0.25, 0.3) is 0 Å². The Balaban J connectivity index is 2.10. The molecule has 5 amide bonds. The van der Waals surface area contributed by atoms with Gasteiger partial charge in [-0.3, -0.25) is 14.4 Å². The molecule has 13 heteroatoms. The van der Waals surface area contributed by atoms with Crippen LogP contribution in [0, 0.1) is 11.8 Å². The maximum atomic E-state index is 13.7. The summed E-state index contributed by atoms with van der Waals surface area (Å²) in [7, 11) is 6.82. The van der Waals surface area contributed by atoms with E-state index in [9.17, 15) is 19.2 Å². The first-order chi connectivity index (χ1) is 20.4. The maximum absolute atomic E-state index is 13.7. The first kappa shape index (κ1) is 36.7. The second-order valence-corrected chi connectivity index (χ2v) is 12.1. The number of likely N-dealkylation sites (tertiary alicyclic amines) is 1. The molecular weight excluding hydrogens is 556 g/mol. The van der Waals surface area contributed by atoms with E-state index in [1.165, 1.54) is 0 Å². The Hall–Kier alpha value is -2.48. The second kappa shape index (κ2) is 17.7. The first-order valence-electron chi connectivity index (χ1n) is 15.6. The molecule has 0 bridgehead atoms. The monoisotopic (exact) mass is 612 g/mol. The standard InChI is InChI=1S/C30H56N6O7/c1-9-20(2)27(34(6)26(39)18-32-30(41)35-15-14-33(5)19-21(35)3)24(42-7)17-25(38)36-13-10-11-23(36)28(43-8)22(4)29(40)31-12-16-37/h20-24,27-28,37H,9-19H2,1-8H3,(H,31,40)(H,32,41). The summed E-state index contributed by atoms with van der Waals surface area (Å²) in [6.45, 7) is 10.4. The highest BCUT2D eigenvalue weighted by Crippen LogP contribution is 2.29. The van der Waals surface area contributed by atoms with Crippen LogP contribution in [-0.4, -0.2) is 153 Å². The average Bonchev–Trinajstić information content (AvgIpc) is 3.47. The molecule has 0 aromatic heterocycles. The number of likely N-dealkylation sites (N-methyl/N-ethyl adjacent to an activating group) is 2. The lowest BCUT2D eigenvalue weighted by atomic mass is 9.90. The van der Waals surface area contributed by atoms with E-state index in [1.54, 1.807) is 42.9 Å². The molecule has 0 saturated carbocycles. The van der Waals surface area contributed by atoms with Gasteiger partial charge in [0.2, 0.25) is 17.7 Å². The van der Waals surface area contributed by atoms with Crippen LogP contribution in [0.15, 0.2) is 0 Å². The Morgan fingerprint density at radius 2 is 1.74 bits per heavy atom. The molecule has 43 heavy (non-hydrogen) atoms. The molecule has 7 atom stereocenters. The van der Waals surface area contributed by atoms with Gasteiger partial charge in [0.25, 0.3) is 0 Å². The van der Waals surface area contributed by atoms with Gasteiger partial charge in [0.15, 0.2) is 0 Å². The van der Waals surface area contributed by atoms with Gasteiger partial charge in [-0.1, -0.05) is 27.2 Å². The minimum atomic E-state index is -0.572. The number of nitrogens with one attached hydrogen (secondary N) is 2. The van der Waals surface area contributed by atoms with Crippen molar-refractivity contribution in [3.05, 3.63) is 0 Å². The van der Waals surface area contributed by atoms with Gasteiger partial charge in [-0.05, 0) is 32.7 Å². The van der Waals surface area contributed by atoms with E-state index in [0.717, 1.165) is 25.9 Å². The van der Waals surface area contributed by atoms with Crippen molar-refractivity contribution in [1.29, 1.82) is 0 Å². The van der Waals surface area contributed by atoms with Gasteiger partial charge in [0.1, 0.15) is 0 Å². The number of nitrogens with zero attached hydrogens (tertiary/aromatic N) is 4. The first-order valence-corrected chi connectivity index (χ1v) is 15.6. The summed E-state index contributed by atoms with van der Waals surface area (Å²) in [5, 5.41) is 14.6. The number of piperazine rings is 1. The molecule has 0 spiro atoms. The summed E-state index contributed by atoms with van der Waals surface area (Å²) in [6, 6.07) is -0.881. The molecule has 2 saturated heterocycles. The lowest BCUT2D eigenvalue weighted by molar-refractivity contribution is -0.145. The molecule has 2 rings (SSSR count). The van der Waals surface area contributed by atoms with Gasteiger partial charge < -0.3 is 44.8 Å². The number of urea groups is 1. The number of carbonyl (C=O) groups excluding carboxylic acids is 4. The Labute approximate surface area is 257 Å². The summed E-state index contributed by atoms with van der Waals surface area (Å²) >= 11 is 0. The number of carbonyl (C=O) groups is 4. The summed E-state index contributed by atoms with van der Waals surface area (Å²) in [6.07, 6.45) is 1.24. The van der Waals surface area contributed by atoms with Crippen LogP contribution in [0.1, 0.15) is 53.4 Å². The van der Waals surface area contributed by atoms with Crippen LogP contribution in [-0.2, 0) is 23.9 Å². The van der Waals surface area contributed by atoms with Gasteiger partial charge in [0, 0.05) is 60.0 Å². The van der Waals surface area contributed by atoms with Crippen LogP contribution >= 0.6 is 0 Å². The third-order valence-electron chi connectivity index (χ3n) is 9.20. The van der Waals surface area contributed by atoms with Crippen molar-refractivity contribution >= 4 is 23.8 Å². The summed E-state index contributed by atoms with van der Waals surface area (Å²) in [5.41, 5.74) is 0. The van der Waals surface area contributed by atoms with Crippen molar-refractivity contribution in [1.82, 2.24) is 30.2 Å². The van der Waals surface area contributed by atoms with E-state index in [0.29, 0.717) is 19.5 Å².